The number of sulfonamides is 1. The Morgan fingerprint density at radius 2 is 1.95 bits per heavy atom. The van der Waals surface area contributed by atoms with Crippen molar-refractivity contribution < 1.29 is 12.8 Å². The fourth-order valence-electron chi connectivity index (χ4n) is 1.98. The number of hydrogen-bond donors (Lipinski definition) is 1. The van der Waals surface area contributed by atoms with Gasteiger partial charge < -0.3 is 4.57 Å². The predicted molar refractivity (Wildman–Crippen MR) is 75.4 cm³/mol. The number of halogens is 1. The van der Waals surface area contributed by atoms with Crippen LogP contribution in [0.5, 0.6) is 0 Å². The van der Waals surface area contributed by atoms with Gasteiger partial charge in [0.15, 0.2) is 0 Å². The van der Waals surface area contributed by atoms with Crippen molar-refractivity contribution in [2.75, 3.05) is 6.54 Å². The highest BCUT2D eigenvalue weighted by molar-refractivity contribution is 7.89. The molecule has 0 aliphatic heterocycles. The molecule has 0 atom stereocenters. The Hall–Kier alpha value is -1.66. The first-order valence-corrected chi connectivity index (χ1v) is 7.84. The second-order valence-corrected chi connectivity index (χ2v) is 6.32. The molecule has 2 rings (SSSR count). The third-order valence-corrected chi connectivity index (χ3v) is 4.60. The number of benzene rings is 1. The molecule has 0 aliphatic carbocycles. The van der Waals surface area contributed by atoms with E-state index in [9.17, 15) is 12.8 Å². The summed E-state index contributed by atoms with van der Waals surface area (Å²) in [6.45, 7) is 2.67. The molecule has 1 aromatic heterocycles. The van der Waals surface area contributed by atoms with Crippen LogP contribution in [0.1, 0.15) is 12.0 Å². The van der Waals surface area contributed by atoms with Crippen molar-refractivity contribution in [3.05, 3.63) is 54.1 Å². The zero-order chi connectivity index (χ0) is 14.6. The molecule has 6 heteroatoms. The molecular formula is C14H17FN2O2S. The molecule has 0 bridgehead atoms. The van der Waals surface area contributed by atoms with Gasteiger partial charge in [0.05, 0.1) is 4.90 Å². The Morgan fingerprint density at radius 1 is 1.25 bits per heavy atom. The fourth-order valence-corrected chi connectivity index (χ4v) is 3.28. The van der Waals surface area contributed by atoms with Crippen molar-refractivity contribution in [3.63, 3.8) is 0 Å². The smallest absolute Gasteiger partial charge is 0.240 e. The zero-order valence-corrected chi connectivity index (χ0v) is 12.0. The molecule has 4 nitrogen and oxygen atoms in total. The SMILES string of the molecule is Cc1cc(F)ccc1S(=O)(=O)NCCCn1cccc1. The molecule has 1 aromatic carbocycles. The normalized spacial score (nSPS) is 11.7. The van der Waals surface area contributed by atoms with Crippen LogP contribution in [-0.4, -0.2) is 19.5 Å². The molecule has 0 fully saturated rings. The molecule has 20 heavy (non-hydrogen) atoms. The molecule has 0 radical (unpaired) electrons. The minimum atomic E-state index is -3.57. The van der Waals surface area contributed by atoms with Gasteiger partial charge in [-0.15, -0.1) is 0 Å². The number of nitrogens with one attached hydrogen (secondary N) is 1. The van der Waals surface area contributed by atoms with E-state index >= 15 is 0 Å². The number of aryl methyl sites for hydroxylation is 2. The summed E-state index contributed by atoms with van der Waals surface area (Å²) < 4.78 is 41.7. The van der Waals surface area contributed by atoms with Gasteiger partial charge in [0.25, 0.3) is 0 Å². The summed E-state index contributed by atoms with van der Waals surface area (Å²) >= 11 is 0. The van der Waals surface area contributed by atoms with Crippen molar-refractivity contribution in [1.29, 1.82) is 0 Å². The Kier molecular flexibility index (Phi) is 4.57. The number of hydrogen-bond acceptors (Lipinski definition) is 2. The Bertz CT molecular complexity index is 666. The molecule has 1 N–H and O–H groups in total. The van der Waals surface area contributed by atoms with Crippen molar-refractivity contribution in [2.24, 2.45) is 0 Å². The van der Waals surface area contributed by atoms with E-state index in [1.54, 1.807) is 6.92 Å². The minimum absolute atomic E-state index is 0.125. The Labute approximate surface area is 118 Å². The highest BCUT2D eigenvalue weighted by Crippen LogP contribution is 2.15. The summed E-state index contributed by atoms with van der Waals surface area (Å²) in [6.07, 6.45) is 4.55. The number of rotatable bonds is 6. The Morgan fingerprint density at radius 3 is 2.60 bits per heavy atom. The van der Waals surface area contributed by atoms with Crippen molar-refractivity contribution >= 4 is 10.0 Å². The van der Waals surface area contributed by atoms with Gasteiger partial charge in [0.2, 0.25) is 10.0 Å². The van der Waals surface area contributed by atoms with Crippen LogP contribution >= 0.6 is 0 Å². The fraction of sp³-hybridized carbons (Fsp3) is 0.286. The molecule has 108 valence electrons. The van der Waals surface area contributed by atoms with Crippen molar-refractivity contribution in [1.82, 2.24) is 9.29 Å². The van der Waals surface area contributed by atoms with Crippen LogP contribution in [0.4, 0.5) is 4.39 Å². The third kappa shape index (κ3) is 3.68. The lowest BCUT2D eigenvalue weighted by Gasteiger charge is -2.09. The molecular weight excluding hydrogens is 279 g/mol. The molecule has 0 saturated heterocycles. The van der Waals surface area contributed by atoms with Gasteiger partial charge in [-0.1, -0.05) is 0 Å². The summed E-state index contributed by atoms with van der Waals surface area (Å²) in [5.41, 5.74) is 0.405. The highest BCUT2D eigenvalue weighted by atomic mass is 32.2. The van der Waals surface area contributed by atoms with E-state index in [2.05, 4.69) is 4.72 Å². The van der Waals surface area contributed by atoms with Crippen LogP contribution in [0.2, 0.25) is 0 Å². The molecule has 0 amide bonds. The first-order chi connectivity index (χ1) is 9.49. The highest BCUT2D eigenvalue weighted by Gasteiger charge is 2.16. The van der Waals surface area contributed by atoms with E-state index in [1.807, 2.05) is 29.1 Å². The topological polar surface area (TPSA) is 51.1 Å². The first-order valence-electron chi connectivity index (χ1n) is 6.35. The van der Waals surface area contributed by atoms with E-state index in [1.165, 1.54) is 12.1 Å². The molecule has 0 aliphatic rings. The summed E-state index contributed by atoms with van der Waals surface area (Å²) in [4.78, 5) is 0.125. The van der Waals surface area contributed by atoms with Gasteiger partial charge in [-0.3, -0.25) is 0 Å². The van der Waals surface area contributed by atoms with Crippen LogP contribution in [0, 0.1) is 12.7 Å². The summed E-state index contributed by atoms with van der Waals surface area (Å²) in [5, 5.41) is 0. The van der Waals surface area contributed by atoms with Crippen LogP contribution in [0.15, 0.2) is 47.6 Å². The van der Waals surface area contributed by atoms with E-state index in [0.29, 0.717) is 18.5 Å². The van der Waals surface area contributed by atoms with Crippen molar-refractivity contribution in [2.45, 2.75) is 24.8 Å². The monoisotopic (exact) mass is 296 g/mol. The van der Waals surface area contributed by atoms with Gasteiger partial charge in [-0.2, -0.15) is 0 Å². The van der Waals surface area contributed by atoms with Crippen LogP contribution in [0.3, 0.4) is 0 Å². The van der Waals surface area contributed by atoms with Gasteiger partial charge >= 0.3 is 0 Å². The van der Waals surface area contributed by atoms with Gasteiger partial charge in [0.1, 0.15) is 5.82 Å². The van der Waals surface area contributed by atoms with Gasteiger partial charge in [-0.05, 0) is 49.2 Å². The first kappa shape index (κ1) is 14.7. The average Bonchev–Trinajstić information content (AvgIpc) is 2.87. The molecule has 1 heterocycles. The van der Waals surface area contributed by atoms with E-state index < -0.39 is 15.8 Å². The molecule has 0 unspecified atom stereocenters. The van der Waals surface area contributed by atoms with E-state index in [0.717, 1.165) is 12.6 Å². The lowest BCUT2D eigenvalue weighted by molar-refractivity contribution is 0.569. The van der Waals surface area contributed by atoms with Crippen LogP contribution in [0.25, 0.3) is 0 Å². The number of aromatic nitrogens is 1. The van der Waals surface area contributed by atoms with Crippen LogP contribution < -0.4 is 4.72 Å². The van der Waals surface area contributed by atoms with Gasteiger partial charge in [-0.25, -0.2) is 17.5 Å². The minimum Gasteiger partial charge on any atom is -0.354 e. The predicted octanol–water partition coefficient (Wildman–Crippen LogP) is 2.30. The lowest BCUT2D eigenvalue weighted by Crippen LogP contribution is -2.26. The maximum absolute atomic E-state index is 13.0. The van der Waals surface area contributed by atoms with E-state index in [4.69, 9.17) is 0 Å². The van der Waals surface area contributed by atoms with Gasteiger partial charge in [0, 0.05) is 25.5 Å². The number of nitrogens with zero attached hydrogens (tertiary/aromatic N) is 1. The second kappa shape index (κ2) is 6.19. The second-order valence-electron chi connectivity index (χ2n) is 4.58. The Balaban J connectivity index is 1.93. The zero-order valence-electron chi connectivity index (χ0n) is 11.2. The summed E-state index contributed by atoms with van der Waals surface area (Å²) in [7, 11) is -3.57. The quantitative estimate of drug-likeness (QED) is 0.832. The lowest BCUT2D eigenvalue weighted by atomic mass is 10.2. The molecule has 0 spiro atoms. The molecule has 0 saturated carbocycles. The van der Waals surface area contributed by atoms with Crippen molar-refractivity contribution in [3.8, 4) is 0 Å². The summed E-state index contributed by atoms with van der Waals surface area (Å²) in [5.74, 6) is -0.436. The van der Waals surface area contributed by atoms with E-state index in [-0.39, 0.29) is 4.90 Å². The van der Waals surface area contributed by atoms with Crippen LogP contribution in [-0.2, 0) is 16.6 Å². The molecule has 2 aromatic rings. The maximum atomic E-state index is 13.0. The average molecular weight is 296 g/mol. The standard InChI is InChI=1S/C14H17FN2O2S/c1-12-11-13(15)5-6-14(12)20(18,19)16-7-4-10-17-8-2-3-9-17/h2-3,5-6,8-9,11,16H,4,7,10H2,1H3. The summed E-state index contributed by atoms with van der Waals surface area (Å²) in [6, 6.07) is 7.51. The third-order valence-electron chi connectivity index (χ3n) is 2.98. The maximum Gasteiger partial charge on any atom is 0.240 e. The largest absolute Gasteiger partial charge is 0.354 e.